The Morgan fingerprint density at radius 1 is 1.36 bits per heavy atom. The highest BCUT2D eigenvalue weighted by Crippen LogP contribution is 2.17. The predicted molar refractivity (Wildman–Crippen MR) is 87.1 cm³/mol. The zero-order valence-corrected chi connectivity index (χ0v) is 13.9. The molecule has 0 bridgehead atoms. The maximum atomic E-state index is 12.2. The molecule has 0 N–H and O–H groups in total. The highest BCUT2D eigenvalue weighted by molar-refractivity contribution is 9.10. The molecule has 6 nitrogen and oxygen atoms in total. The number of halogens is 1. The van der Waals surface area contributed by atoms with Crippen molar-refractivity contribution in [3.63, 3.8) is 0 Å². The predicted octanol–water partition coefficient (Wildman–Crippen LogP) is 3.09. The molecule has 0 aliphatic heterocycles. The van der Waals surface area contributed by atoms with E-state index in [4.69, 9.17) is 0 Å². The van der Waals surface area contributed by atoms with Crippen LogP contribution in [0.15, 0.2) is 40.2 Å². The molecule has 2 aromatic heterocycles. The molecule has 2 heterocycles. The molecule has 22 heavy (non-hydrogen) atoms. The number of carbonyl (C=O) groups excluding carboxylic acids is 1. The number of nitrogens with zero attached hydrogens (tertiary/aromatic N) is 5. The van der Waals surface area contributed by atoms with E-state index in [2.05, 4.69) is 35.8 Å². The summed E-state index contributed by atoms with van der Waals surface area (Å²) in [6, 6.07) is 7.63. The molecule has 0 saturated heterocycles. The summed E-state index contributed by atoms with van der Waals surface area (Å²) in [5.74, 6) is -0.216. The molecule has 110 valence electrons. The Bertz CT molecular complexity index is 841. The number of benzene rings is 1. The van der Waals surface area contributed by atoms with E-state index in [-0.39, 0.29) is 5.78 Å². The zero-order chi connectivity index (χ0) is 15.5. The van der Waals surface area contributed by atoms with Gasteiger partial charge in [0, 0.05) is 9.85 Å². The Morgan fingerprint density at radius 2 is 2.23 bits per heavy atom. The maximum absolute atomic E-state index is 12.2. The summed E-state index contributed by atoms with van der Waals surface area (Å²) >= 11 is 4.65. The van der Waals surface area contributed by atoms with Crippen LogP contribution in [0.1, 0.15) is 21.9 Å². The van der Waals surface area contributed by atoms with Gasteiger partial charge in [0.1, 0.15) is 0 Å². The largest absolute Gasteiger partial charge is 0.287 e. The van der Waals surface area contributed by atoms with Gasteiger partial charge in [-0.05, 0) is 48.8 Å². The van der Waals surface area contributed by atoms with E-state index in [1.54, 1.807) is 16.1 Å². The van der Waals surface area contributed by atoms with Gasteiger partial charge in [0.25, 0.3) is 0 Å². The summed E-state index contributed by atoms with van der Waals surface area (Å²) in [6.45, 7) is 1.81. The Morgan fingerprint density at radius 3 is 2.95 bits per heavy atom. The highest BCUT2D eigenvalue weighted by atomic mass is 79.9. The molecule has 0 amide bonds. The van der Waals surface area contributed by atoms with E-state index in [1.165, 1.54) is 17.6 Å². The van der Waals surface area contributed by atoms with Gasteiger partial charge in [0.2, 0.25) is 5.78 Å². The van der Waals surface area contributed by atoms with Crippen molar-refractivity contribution in [2.75, 3.05) is 0 Å². The first kappa shape index (κ1) is 14.7. The summed E-state index contributed by atoms with van der Waals surface area (Å²) in [5, 5.41) is 13.7. The maximum Gasteiger partial charge on any atom is 0.208 e. The molecule has 3 aromatic rings. The number of carbonyl (C=O) groups is 1. The third kappa shape index (κ3) is 3.02. The van der Waals surface area contributed by atoms with Crippen LogP contribution in [-0.4, -0.2) is 30.4 Å². The van der Waals surface area contributed by atoms with Crippen LogP contribution in [0.3, 0.4) is 0 Å². The van der Waals surface area contributed by atoms with Crippen molar-refractivity contribution < 1.29 is 4.79 Å². The lowest BCUT2D eigenvalue weighted by atomic mass is 10.2. The number of allylic oxidation sites excluding steroid dienone is 1. The fraction of sp³-hybridized carbons (Fsp3) is 0.0714. The third-order valence-electron chi connectivity index (χ3n) is 2.96. The number of ketones is 1. The topological polar surface area (TPSA) is 73.6 Å². The molecule has 1 aromatic carbocycles. The summed E-state index contributed by atoms with van der Waals surface area (Å²) in [7, 11) is 0. The normalized spacial score (nSPS) is 11.2. The lowest BCUT2D eigenvalue weighted by Gasteiger charge is -2.03. The van der Waals surface area contributed by atoms with Gasteiger partial charge in [0.05, 0.1) is 17.1 Å². The van der Waals surface area contributed by atoms with E-state index in [0.29, 0.717) is 17.1 Å². The first-order chi connectivity index (χ1) is 10.6. The van der Waals surface area contributed by atoms with Gasteiger partial charge in [-0.2, -0.15) is 0 Å². The van der Waals surface area contributed by atoms with Crippen molar-refractivity contribution in [1.82, 2.24) is 24.6 Å². The molecule has 0 spiro atoms. The first-order valence-electron chi connectivity index (χ1n) is 6.33. The molecule has 8 heteroatoms. The van der Waals surface area contributed by atoms with Gasteiger partial charge in [0.15, 0.2) is 5.69 Å². The van der Waals surface area contributed by atoms with Crippen molar-refractivity contribution in [2.45, 2.75) is 6.92 Å². The van der Waals surface area contributed by atoms with Crippen LogP contribution in [0.5, 0.6) is 0 Å². The number of aromatic nitrogens is 5. The second-order valence-electron chi connectivity index (χ2n) is 4.44. The third-order valence-corrected chi connectivity index (χ3v) is 3.98. The zero-order valence-electron chi connectivity index (χ0n) is 11.5. The average Bonchev–Trinajstić information content (AvgIpc) is 3.14. The van der Waals surface area contributed by atoms with Gasteiger partial charge in [-0.1, -0.05) is 31.7 Å². The van der Waals surface area contributed by atoms with Crippen molar-refractivity contribution in [2.24, 2.45) is 0 Å². The monoisotopic (exact) mass is 375 g/mol. The van der Waals surface area contributed by atoms with E-state index < -0.39 is 0 Å². The van der Waals surface area contributed by atoms with Crippen LogP contribution < -0.4 is 0 Å². The van der Waals surface area contributed by atoms with Crippen LogP contribution in [0, 0.1) is 6.92 Å². The molecule has 0 atom stereocenters. The van der Waals surface area contributed by atoms with E-state index in [1.807, 2.05) is 31.2 Å². The van der Waals surface area contributed by atoms with Gasteiger partial charge in [-0.25, -0.2) is 4.68 Å². The minimum atomic E-state index is -0.216. The van der Waals surface area contributed by atoms with Crippen molar-refractivity contribution in [3.8, 4) is 5.69 Å². The second kappa shape index (κ2) is 6.29. The average molecular weight is 376 g/mol. The Labute approximate surface area is 138 Å². The molecule has 0 aliphatic rings. The smallest absolute Gasteiger partial charge is 0.208 e. The molecule has 0 radical (unpaired) electrons. The SMILES string of the molecule is Cc1c(C(=O)/C=C\c2csnn2)nnn1-c1cccc(Br)c1. The molecule has 3 rings (SSSR count). The van der Waals surface area contributed by atoms with Crippen molar-refractivity contribution >= 4 is 39.3 Å². The lowest BCUT2D eigenvalue weighted by Crippen LogP contribution is -2.01. The summed E-state index contributed by atoms with van der Waals surface area (Å²) in [4.78, 5) is 12.2. The molecule has 0 unspecified atom stereocenters. The van der Waals surface area contributed by atoms with Crippen LogP contribution in [0.2, 0.25) is 0 Å². The Balaban J connectivity index is 1.88. The molecular weight excluding hydrogens is 366 g/mol. The van der Waals surface area contributed by atoms with Crippen LogP contribution >= 0.6 is 27.5 Å². The van der Waals surface area contributed by atoms with Gasteiger partial charge in [-0.15, -0.1) is 10.2 Å². The Hall–Kier alpha value is -2.19. The fourth-order valence-electron chi connectivity index (χ4n) is 1.89. The van der Waals surface area contributed by atoms with E-state index in [9.17, 15) is 4.79 Å². The number of rotatable bonds is 4. The molecule has 0 fully saturated rings. The summed E-state index contributed by atoms with van der Waals surface area (Å²) in [6.07, 6.45) is 3.04. The van der Waals surface area contributed by atoms with E-state index >= 15 is 0 Å². The Kier molecular flexibility index (Phi) is 4.21. The highest BCUT2D eigenvalue weighted by Gasteiger charge is 2.15. The van der Waals surface area contributed by atoms with E-state index in [0.717, 1.165) is 10.2 Å². The molecule has 0 aliphatic carbocycles. The number of hydrogen-bond donors (Lipinski definition) is 0. The minimum Gasteiger partial charge on any atom is -0.287 e. The quantitative estimate of drug-likeness (QED) is 0.517. The summed E-state index contributed by atoms with van der Waals surface area (Å²) < 4.78 is 6.30. The van der Waals surface area contributed by atoms with Crippen LogP contribution in [-0.2, 0) is 0 Å². The van der Waals surface area contributed by atoms with Crippen molar-refractivity contribution in [1.29, 1.82) is 0 Å². The molecular formula is C14H10BrN5OS. The van der Waals surface area contributed by atoms with Gasteiger partial charge < -0.3 is 0 Å². The molecule has 0 saturated carbocycles. The minimum absolute atomic E-state index is 0.216. The fourth-order valence-corrected chi connectivity index (χ4v) is 2.70. The number of hydrogen-bond acceptors (Lipinski definition) is 6. The van der Waals surface area contributed by atoms with Crippen LogP contribution in [0.4, 0.5) is 0 Å². The van der Waals surface area contributed by atoms with Gasteiger partial charge in [-0.3, -0.25) is 4.79 Å². The van der Waals surface area contributed by atoms with Crippen LogP contribution in [0.25, 0.3) is 11.8 Å². The van der Waals surface area contributed by atoms with Crippen molar-refractivity contribution in [3.05, 3.63) is 57.3 Å². The summed E-state index contributed by atoms with van der Waals surface area (Å²) in [5.41, 5.74) is 2.49. The second-order valence-corrected chi connectivity index (χ2v) is 5.97. The standard InChI is InChI=1S/C14H10BrN5OS/c1-9-14(13(21)6-5-11-8-22-19-16-11)17-18-20(9)12-4-2-3-10(15)7-12/h2-8H,1H3/b6-5-. The van der Waals surface area contributed by atoms with Gasteiger partial charge >= 0.3 is 0 Å². The lowest BCUT2D eigenvalue weighted by molar-refractivity contribution is 0.104. The first-order valence-corrected chi connectivity index (χ1v) is 7.96.